The van der Waals surface area contributed by atoms with Crippen LogP contribution in [0.15, 0.2) is 0 Å². The van der Waals surface area contributed by atoms with Crippen molar-refractivity contribution in [2.75, 3.05) is 13.1 Å². The minimum absolute atomic E-state index is 0.0118. The van der Waals surface area contributed by atoms with Gasteiger partial charge in [0.15, 0.2) is 0 Å². The standard InChI is InChI=1S/C16H31NO/c1-5-8-16(10-12-17-13-11-16)14(18)7-6-9-15(2,3)4/h17H,5-13H2,1-4H3. The fourth-order valence-electron chi connectivity index (χ4n) is 3.10. The van der Waals surface area contributed by atoms with E-state index in [9.17, 15) is 4.79 Å². The minimum atomic E-state index is 0.0118. The maximum Gasteiger partial charge on any atom is 0.139 e. The normalized spacial score (nSPS) is 19.8. The largest absolute Gasteiger partial charge is 0.317 e. The fraction of sp³-hybridized carbons (Fsp3) is 0.938. The zero-order chi connectivity index (χ0) is 13.6. The van der Waals surface area contributed by atoms with Gasteiger partial charge in [0.05, 0.1) is 0 Å². The van der Waals surface area contributed by atoms with E-state index >= 15 is 0 Å². The van der Waals surface area contributed by atoms with Crippen molar-refractivity contribution in [1.29, 1.82) is 0 Å². The lowest BCUT2D eigenvalue weighted by Crippen LogP contribution is -2.42. The van der Waals surface area contributed by atoms with Gasteiger partial charge in [0.1, 0.15) is 5.78 Å². The molecule has 0 spiro atoms. The number of rotatable bonds is 6. The Hall–Kier alpha value is -0.370. The number of carbonyl (C=O) groups is 1. The molecule has 1 N–H and O–H groups in total. The van der Waals surface area contributed by atoms with Gasteiger partial charge in [-0.2, -0.15) is 0 Å². The molecule has 1 aliphatic rings. The van der Waals surface area contributed by atoms with Gasteiger partial charge in [-0.15, -0.1) is 0 Å². The quantitative estimate of drug-likeness (QED) is 0.777. The third kappa shape index (κ3) is 4.72. The van der Waals surface area contributed by atoms with Crippen LogP contribution in [0.2, 0.25) is 0 Å². The topological polar surface area (TPSA) is 29.1 Å². The molecular weight excluding hydrogens is 222 g/mol. The van der Waals surface area contributed by atoms with Crippen molar-refractivity contribution in [3.63, 3.8) is 0 Å². The molecule has 1 fully saturated rings. The van der Waals surface area contributed by atoms with Gasteiger partial charge in [0.25, 0.3) is 0 Å². The van der Waals surface area contributed by atoms with Crippen LogP contribution in [0.1, 0.15) is 72.6 Å². The summed E-state index contributed by atoms with van der Waals surface area (Å²) in [6, 6.07) is 0. The molecule has 0 atom stereocenters. The van der Waals surface area contributed by atoms with Crippen LogP contribution < -0.4 is 5.32 Å². The van der Waals surface area contributed by atoms with E-state index in [1.165, 1.54) is 0 Å². The second-order valence-electron chi connectivity index (χ2n) is 7.12. The SMILES string of the molecule is CCCC1(C(=O)CCCC(C)(C)C)CCNCC1. The van der Waals surface area contributed by atoms with Gasteiger partial charge in [0, 0.05) is 11.8 Å². The molecule has 2 heteroatoms. The van der Waals surface area contributed by atoms with E-state index in [0.29, 0.717) is 11.2 Å². The highest BCUT2D eigenvalue weighted by Crippen LogP contribution is 2.37. The first-order valence-electron chi connectivity index (χ1n) is 7.64. The second-order valence-corrected chi connectivity index (χ2v) is 7.12. The van der Waals surface area contributed by atoms with Crippen molar-refractivity contribution in [2.45, 2.75) is 72.6 Å². The number of Topliss-reactive ketones (excluding diaryl/α,β-unsaturated/α-hetero) is 1. The summed E-state index contributed by atoms with van der Waals surface area (Å²) in [7, 11) is 0. The Morgan fingerprint density at radius 3 is 2.33 bits per heavy atom. The van der Waals surface area contributed by atoms with Crippen LogP contribution in [0.25, 0.3) is 0 Å². The summed E-state index contributed by atoms with van der Waals surface area (Å²) in [4.78, 5) is 12.6. The van der Waals surface area contributed by atoms with Crippen LogP contribution in [-0.2, 0) is 4.79 Å². The van der Waals surface area contributed by atoms with E-state index in [4.69, 9.17) is 0 Å². The van der Waals surface area contributed by atoms with Gasteiger partial charge < -0.3 is 5.32 Å². The predicted molar refractivity (Wildman–Crippen MR) is 77.8 cm³/mol. The zero-order valence-corrected chi connectivity index (χ0v) is 12.8. The van der Waals surface area contributed by atoms with Crippen molar-refractivity contribution in [1.82, 2.24) is 5.32 Å². The first-order valence-corrected chi connectivity index (χ1v) is 7.64. The molecule has 1 rings (SSSR count). The lowest BCUT2D eigenvalue weighted by molar-refractivity contribution is -0.131. The summed E-state index contributed by atoms with van der Waals surface area (Å²) in [5, 5.41) is 3.38. The fourth-order valence-corrected chi connectivity index (χ4v) is 3.10. The molecule has 1 heterocycles. The number of hydrogen-bond acceptors (Lipinski definition) is 2. The summed E-state index contributed by atoms with van der Waals surface area (Å²) in [6.07, 6.45) is 7.32. The number of carbonyl (C=O) groups excluding carboxylic acids is 1. The van der Waals surface area contributed by atoms with Crippen molar-refractivity contribution in [2.24, 2.45) is 10.8 Å². The van der Waals surface area contributed by atoms with Crippen LogP contribution in [0.3, 0.4) is 0 Å². The number of piperidine rings is 1. The smallest absolute Gasteiger partial charge is 0.139 e. The van der Waals surface area contributed by atoms with Crippen LogP contribution in [0.4, 0.5) is 0 Å². The molecule has 0 saturated carbocycles. The molecule has 0 aromatic heterocycles. The Bertz CT molecular complexity index is 253. The van der Waals surface area contributed by atoms with Gasteiger partial charge in [0.2, 0.25) is 0 Å². The Labute approximate surface area is 113 Å². The summed E-state index contributed by atoms with van der Waals surface area (Å²) < 4.78 is 0. The molecule has 0 aromatic rings. The summed E-state index contributed by atoms with van der Waals surface area (Å²) in [5.41, 5.74) is 0.365. The molecule has 0 amide bonds. The van der Waals surface area contributed by atoms with Crippen LogP contribution in [0.5, 0.6) is 0 Å². The molecular formula is C16H31NO. The number of ketones is 1. The molecule has 1 aliphatic heterocycles. The van der Waals surface area contributed by atoms with Crippen molar-refractivity contribution in [3.8, 4) is 0 Å². The average molecular weight is 253 g/mol. The highest BCUT2D eigenvalue weighted by Gasteiger charge is 2.37. The van der Waals surface area contributed by atoms with E-state index in [-0.39, 0.29) is 5.41 Å². The van der Waals surface area contributed by atoms with Crippen molar-refractivity contribution >= 4 is 5.78 Å². The Balaban J connectivity index is 2.49. The molecule has 106 valence electrons. The van der Waals surface area contributed by atoms with Gasteiger partial charge in [-0.05, 0) is 50.6 Å². The van der Waals surface area contributed by atoms with E-state index in [1.807, 2.05) is 0 Å². The second kappa shape index (κ2) is 6.70. The lowest BCUT2D eigenvalue weighted by atomic mass is 9.70. The number of hydrogen-bond donors (Lipinski definition) is 1. The predicted octanol–water partition coefficient (Wildman–Crippen LogP) is 3.94. The maximum atomic E-state index is 12.6. The highest BCUT2D eigenvalue weighted by atomic mass is 16.1. The van der Waals surface area contributed by atoms with Crippen LogP contribution in [0, 0.1) is 10.8 Å². The third-order valence-electron chi connectivity index (χ3n) is 4.21. The minimum Gasteiger partial charge on any atom is -0.317 e. The Kier molecular flexibility index (Phi) is 5.84. The first-order chi connectivity index (χ1) is 8.40. The van der Waals surface area contributed by atoms with Crippen molar-refractivity contribution in [3.05, 3.63) is 0 Å². The van der Waals surface area contributed by atoms with Gasteiger partial charge in [-0.25, -0.2) is 0 Å². The van der Waals surface area contributed by atoms with Gasteiger partial charge in [-0.3, -0.25) is 4.79 Å². The zero-order valence-electron chi connectivity index (χ0n) is 12.8. The van der Waals surface area contributed by atoms with Crippen molar-refractivity contribution < 1.29 is 4.79 Å². The van der Waals surface area contributed by atoms with E-state index in [0.717, 1.165) is 58.0 Å². The maximum absolute atomic E-state index is 12.6. The summed E-state index contributed by atoms with van der Waals surface area (Å²) in [5.74, 6) is 0.537. The molecule has 0 aliphatic carbocycles. The summed E-state index contributed by atoms with van der Waals surface area (Å²) in [6.45, 7) is 11.0. The molecule has 0 aromatic carbocycles. The third-order valence-corrected chi connectivity index (χ3v) is 4.21. The van der Waals surface area contributed by atoms with E-state index in [1.54, 1.807) is 0 Å². The van der Waals surface area contributed by atoms with Gasteiger partial charge in [-0.1, -0.05) is 34.1 Å². The monoisotopic (exact) mass is 253 g/mol. The molecule has 0 radical (unpaired) electrons. The highest BCUT2D eigenvalue weighted by molar-refractivity contribution is 5.84. The van der Waals surface area contributed by atoms with E-state index < -0.39 is 0 Å². The Morgan fingerprint density at radius 2 is 1.83 bits per heavy atom. The average Bonchev–Trinajstić information content (AvgIpc) is 2.29. The lowest BCUT2D eigenvalue weighted by Gasteiger charge is -2.36. The molecule has 0 bridgehead atoms. The molecule has 1 saturated heterocycles. The van der Waals surface area contributed by atoms with Crippen LogP contribution >= 0.6 is 0 Å². The summed E-state index contributed by atoms with van der Waals surface area (Å²) >= 11 is 0. The molecule has 0 unspecified atom stereocenters. The molecule has 18 heavy (non-hydrogen) atoms. The van der Waals surface area contributed by atoms with Crippen LogP contribution in [-0.4, -0.2) is 18.9 Å². The first kappa shape index (κ1) is 15.7. The van der Waals surface area contributed by atoms with E-state index in [2.05, 4.69) is 33.0 Å². The van der Waals surface area contributed by atoms with Gasteiger partial charge >= 0.3 is 0 Å². The molecule has 2 nitrogen and oxygen atoms in total. The number of nitrogens with one attached hydrogen (secondary N) is 1. The Morgan fingerprint density at radius 1 is 1.22 bits per heavy atom.